The van der Waals surface area contributed by atoms with Crippen LogP contribution in [0, 0.1) is 12.8 Å². The Kier molecular flexibility index (Phi) is 5.62. The molecule has 0 spiro atoms. The number of nitrogens with zero attached hydrogens (tertiary/aromatic N) is 1. The van der Waals surface area contributed by atoms with Crippen LogP contribution in [-0.4, -0.2) is 36.5 Å². The van der Waals surface area contributed by atoms with Gasteiger partial charge >= 0.3 is 5.97 Å². The van der Waals surface area contributed by atoms with Crippen molar-refractivity contribution < 1.29 is 23.8 Å². The van der Waals surface area contributed by atoms with Crippen LogP contribution in [0.1, 0.15) is 23.1 Å². The van der Waals surface area contributed by atoms with Crippen LogP contribution in [0.15, 0.2) is 36.4 Å². The van der Waals surface area contributed by atoms with E-state index in [1.165, 1.54) is 5.56 Å². The van der Waals surface area contributed by atoms with Crippen molar-refractivity contribution >= 4 is 23.5 Å². The maximum atomic E-state index is 12.5. The summed E-state index contributed by atoms with van der Waals surface area (Å²) in [6.45, 7) is 3.86. The van der Waals surface area contributed by atoms with Gasteiger partial charge in [0.15, 0.2) is 11.5 Å². The van der Waals surface area contributed by atoms with E-state index in [0.717, 1.165) is 5.56 Å². The summed E-state index contributed by atoms with van der Waals surface area (Å²) in [5.74, 6) is 0.197. The quantitative estimate of drug-likeness (QED) is 0.699. The number of likely N-dealkylation sites (tertiary alicyclic amines) is 1. The molecule has 2 aliphatic rings. The zero-order valence-electron chi connectivity index (χ0n) is 16.2. The average Bonchev–Trinajstić information content (AvgIpc) is 3.08. The highest BCUT2D eigenvalue weighted by molar-refractivity contribution is 6.32. The molecular weight excluding hydrogens is 394 g/mol. The number of ether oxygens (including phenoxy) is 3. The Morgan fingerprint density at radius 1 is 1.17 bits per heavy atom. The van der Waals surface area contributed by atoms with Crippen molar-refractivity contribution in [3.63, 3.8) is 0 Å². The molecule has 0 aliphatic carbocycles. The van der Waals surface area contributed by atoms with Crippen molar-refractivity contribution in [3.8, 4) is 11.5 Å². The number of hydrogen-bond acceptors (Lipinski definition) is 5. The highest BCUT2D eigenvalue weighted by atomic mass is 35.5. The maximum absolute atomic E-state index is 12.5. The standard InChI is InChI=1S/C22H22ClNO5/c1-14-2-4-15(5-3-14)11-24-12-17(10-20(24)25)22(26)29-13-16-8-18(23)21-19(9-16)27-6-7-28-21/h2-5,8-9,17H,6-7,10-13H2,1H3. The first-order valence-corrected chi connectivity index (χ1v) is 9.95. The maximum Gasteiger partial charge on any atom is 0.311 e. The van der Waals surface area contributed by atoms with Crippen molar-refractivity contribution in [1.29, 1.82) is 0 Å². The molecule has 1 saturated heterocycles. The number of esters is 1. The molecular formula is C22H22ClNO5. The molecule has 29 heavy (non-hydrogen) atoms. The molecule has 1 fully saturated rings. The molecule has 4 rings (SSSR count). The molecule has 1 atom stereocenters. The Labute approximate surface area is 174 Å². The van der Waals surface area contributed by atoms with Gasteiger partial charge in [-0.05, 0) is 30.2 Å². The van der Waals surface area contributed by atoms with E-state index < -0.39 is 5.92 Å². The van der Waals surface area contributed by atoms with Crippen LogP contribution in [0.3, 0.4) is 0 Å². The molecule has 0 N–H and O–H groups in total. The van der Waals surface area contributed by atoms with Crippen molar-refractivity contribution in [3.05, 3.63) is 58.1 Å². The molecule has 6 nitrogen and oxygen atoms in total. The van der Waals surface area contributed by atoms with Crippen molar-refractivity contribution in [2.45, 2.75) is 26.5 Å². The van der Waals surface area contributed by atoms with Gasteiger partial charge in [-0.25, -0.2) is 0 Å². The smallest absolute Gasteiger partial charge is 0.311 e. The number of fused-ring (bicyclic) bond motifs is 1. The number of halogens is 1. The molecule has 1 amide bonds. The monoisotopic (exact) mass is 415 g/mol. The third kappa shape index (κ3) is 4.48. The van der Waals surface area contributed by atoms with E-state index in [1.807, 2.05) is 31.2 Å². The van der Waals surface area contributed by atoms with E-state index in [9.17, 15) is 9.59 Å². The van der Waals surface area contributed by atoms with Crippen molar-refractivity contribution in [1.82, 2.24) is 4.90 Å². The fraction of sp³-hybridized carbons (Fsp3) is 0.364. The summed E-state index contributed by atoms with van der Waals surface area (Å²) >= 11 is 6.22. The number of benzene rings is 2. The number of rotatable bonds is 5. The van der Waals surface area contributed by atoms with E-state index in [2.05, 4.69) is 0 Å². The topological polar surface area (TPSA) is 65.1 Å². The normalized spacial score (nSPS) is 18.1. The fourth-order valence-corrected chi connectivity index (χ4v) is 3.80. The number of hydrogen-bond donors (Lipinski definition) is 0. The van der Waals surface area contributed by atoms with Gasteiger partial charge in [0.1, 0.15) is 19.8 Å². The lowest BCUT2D eigenvalue weighted by Gasteiger charge is -2.20. The van der Waals surface area contributed by atoms with Gasteiger partial charge in [-0.2, -0.15) is 0 Å². The second kappa shape index (κ2) is 8.33. The number of amides is 1. The summed E-state index contributed by atoms with van der Waals surface area (Å²) in [5.41, 5.74) is 2.93. The minimum absolute atomic E-state index is 0.0325. The number of carbonyl (C=O) groups is 2. The largest absolute Gasteiger partial charge is 0.486 e. The lowest BCUT2D eigenvalue weighted by molar-refractivity contribution is -0.149. The van der Waals surface area contributed by atoms with Crippen molar-refractivity contribution in [2.75, 3.05) is 19.8 Å². The van der Waals surface area contributed by atoms with E-state index in [-0.39, 0.29) is 24.9 Å². The molecule has 7 heteroatoms. The Hall–Kier alpha value is -2.73. The Balaban J connectivity index is 1.34. The van der Waals surface area contributed by atoms with Crippen LogP contribution in [0.2, 0.25) is 5.02 Å². The van der Waals surface area contributed by atoms with Gasteiger partial charge in [-0.3, -0.25) is 9.59 Å². The number of aryl methyl sites for hydroxylation is 1. The molecule has 2 aliphatic heterocycles. The van der Waals surface area contributed by atoms with Gasteiger partial charge < -0.3 is 19.1 Å². The third-order valence-corrected chi connectivity index (χ3v) is 5.36. The minimum atomic E-state index is -0.458. The van der Waals surface area contributed by atoms with E-state index >= 15 is 0 Å². The lowest BCUT2D eigenvalue weighted by atomic mass is 10.1. The van der Waals surface area contributed by atoms with Crippen LogP contribution in [0.25, 0.3) is 0 Å². The first kappa shape index (κ1) is 19.6. The van der Waals surface area contributed by atoms with Crippen LogP contribution in [0.5, 0.6) is 11.5 Å². The van der Waals surface area contributed by atoms with E-state index in [4.69, 9.17) is 25.8 Å². The highest BCUT2D eigenvalue weighted by Gasteiger charge is 2.35. The zero-order chi connectivity index (χ0) is 20.4. The zero-order valence-corrected chi connectivity index (χ0v) is 16.9. The first-order valence-electron chi connectivity index (χ1n) is 9.57. The second-order valence-corrected chi connectivity index (χ2v) is 7.78. The summed E-state index contributed by atoms with van der Waals surface area (Å²) in [6.07, 6.45) is 0.173. The van der Waals surface area contributed by atoms with E-state index in [1.54, 1.807) is 17.0 Å². The van der Waals surface area contributed by atoms with Gasteiger partial charge in [0.25, 0.3) is 0 Å². The molecule has 0 radical (unpaired) electrons. The SMILES string of the molecule is Cc1ccc(CN2CC(C(=O)OCc3cc(Cl)c4c(c3)OCCO4)CC2=O)cc1. The molecule has 2 aromatic carbocycles. The molecule has 2 heterocycles. The van der Waals surface area contributed by atoms with Crippen LogP contribution < -0.4 is 9.47 Å². The summed E-state index contributed by atoms with van der Waals surface area (Å²) in [4.78, 5) is 26.5. The third-order valence-electron chi connectivity index (χ3n) is 5.08. The lowest BCUT2D eigenvalue weighted by Crippen LogP contribution is -2.26. The van der Waals surface area contributed by atoms with Gasteiger partial charge in [0.05, 0.1) is 10.9 Å². The van der Waals surface area contributed by atoms with Gasteiger partial charge in [0.2, 0.25) is 5.91 Å². The molecule has 152 valence electrons. The Morgan fingerprint density at radius 2 is 1.93 bits per heavy atom. The summed E-state index contributed by atoms with van der Waals surface area (Å²) in [5, 5.41) is 0.425. The predicted octanol–water partition coefficient (Wildman–Crippen LogP) is 3.51. The highest BCUT2D eigenvalue weighted by Crippen LogP contribution is 2.38. The van der Waals surface area contributed by atoms with Crippen molar-refractivity contribution in [2.24, 2.45) is 5.92 Å². The van der Waals surface area contributed by atoms with E-state index in [0.29, 0.717) is 48.4 Å². The van der Waals surface area contributed by atoms with Gasteiger partial charge in [-0.1, -0.05) is 41.4 Å². The minimum Gasteiger partial charge on any atom is -0.486 e. The number of carbonyl (C=O) groups excluding carboxylic acids is 2. The molecule has 1 unspecified atom stereocenters. The summed E-state index contributed by atoms with van der Waals surface area (Å²) < 4.78 is 16.5. The Morgan fingerprint density at radius 3 is 2.72 bits per heavy atom. The molecule has 0 saturated carbocycles. The van der Waals surface area contributed by atoms with Crippen LogP contribution in [0.4, 0.5) is 0 Å². The van der Waals surface area contributed by atoms with Crippen LogP contribution in [-0.2, 0) is 27.5 Å². The molecule has 0 aromatic heterocycles. The summed E-state index contributed by atoms with van der Waals surface area (Å²) in [6, 6.07) is 11.5. The average molecular weight is 416 g/mol. The van der Waals surface area contributed by atoms with Gasteiger partial charge in [-0.15, -0.1) is 0 Å². The second-order valence-electron chi connectivity index (χ2n) is 7.37. The van der Waals surface area contributed by atoms with Gasteiger partial charge in [0, 0.05) is 19.5 Å². The molecule has 2 aromatic rings. The summed E-state index contributed by atoms with van der Waals surface area (Å²) in [7, 11) is 0. The van der Waals surface area contributed by atoms with Crippen LogP contribution >= 0.6 is 11.6 Å². The molecule has 0 bridgehead atoms. The first-order chi connectivity index (χ1) is 14.0. The Bertz CT molecular complexity index is 928. The fourth-order valence-electron chi connectivity index (χ4n) is 3.52. The predicted molar refractivity (Wildman–Crippen MR) is 107 cm³/mol.